The van der Waals surface area contributed by atoms with Gasteiger partial charge in [-0.3, -0.25) is 0 Å². The van der Waals surface area contributed by atoms with Gasteiger partial charge in [-0.05, 0) is 32.2 Å². The largest absolute Gasteiger partial charge is 0.313 e. The minimum atomic E-state index is -0.534. The first-order chi connectivity index (χ1) is 6.34. The molecule has 0 aromatic rings. The molecule has 0 aromatic heterocycles. The maximum absolute atomic E-state index is 12.8. The molecular weight excluding hydrogens is 167 g/mol. The topological polar surface area (TPSA) is 15.3 Å². The normalized spacial score (nSPS) is 32.5. The molecule has 2 aliphatic rings. The van der Waals surface area contributed by atoms with Gasteiger partial charge in [0, 0.05) is 25.7 Å². The Morgan fingerprint density at radius 3 is 2.62 bits per heavy atom. The first kappa shape index (κ1) is 9.41. The van der Waals surface area contributed by atoms with Gasteiger partial charge >= 0.3 is 0 Å². The van der Waals surface area contributed by atoms with Crippen molar-refractivity contribution < 1.29 is 4.39 Å². The lowest BCUT2D eigenvalue weighted by Crippen LogP contribution is -2.42. The summed E-state index contributed by atoms with van der Waals surface area (Å²) < 4.78 is 12.8. The van der Waals surface area contributed by atoms with Crippen molar-refractivity contribution >= 4 is 0 Å². The predicted octanol–water partition coefficient (Wildman–Crippen LogP) is 1.17. The minimum absolute atomic E-state index is 0.534. The van der Waals surface area contributed by atoms with E-state index in [4.69, 9.17) is 0 Å². The fraction of sp³-hybridized carbons (Fsp3) is 1.00. The van der Waals surface area contributed by atoms with E-state index in [9.17, 15) is 4.39 Å². The zero-order valence-electron chi connectivity index (χ0n) is 8.14. The number of halogens is 1. The van der Waals surface area contributed by atoms with Gasteiger partial charge in [-0.25, -0.2) is 4.39 Å². The lowest BCUT2D eigenvalue weighted by Gasteiger charge is -2.30. The number of hydrogen-bond acceptors (Lipinski definition) is 2. The molecule has 2 fully saturated rings. The van der Waals surface area contributed by atoms with Gasteiger partial charge in [0.05, 0.1) is 0 Å². The average molecular weight is 186 g/mol. The summed E-state index contributed by atoms with van der Waals surface area (Å²) in [5, 5.41) is 3.48. The number of hydrogen-bond donors (Lipinski definition) is 1. The third-order valence-electron chi connectivity index (χ3n) is 3.16. The predicted molar refractivity (Wildman–Crippen MR) is 51.6 cm³/mol. The Morgan fingerprint density at radius 2 is 2.00 bits per heavy atom. The lowest BCUT2D eigenvalue weighted by molar-refractivity contribution is 0.142. The van der Waals surface area contributed by atoms with Crippen LogP contribution >= 0.6 is 0 Å². The van der Waals surface area contributed by atoms with Gasteiger partial charge in [0.2, 0.25) is 0 Å². The van der Waals surface area contributed by atoms with Crippen molar-refractivity contribution in [3.63, 3.8) is 0 Å². The van der Waals surface area contributed by atoms with Crippen molar-refractivity contribution in [2.45, 2.75) is 37.9 Å². The highest BCUT2D eigenvalue weighted by Crippen LogP contribution is 2.15. The smallest absolute Gasteiger partial charge is 0.103 e. The zero-order valence-corrected chi connectivity index (χ0v) is 8.14. The second-order valence-electron chi connectivity index (χ2n) is 4.27. The fourth-order valence-electron chi connectivity index (χ4n) is 2.31. The number of nitrogens with one attached hydrogen (secondary N) is 1. The van der Waals surface area contributed by atoms with E-state index in [2.05, 4.69) is 10.2 Å². The van der Waals surface area contributed by atoms with Crippen molar-refractivity contribution in [3.8, 4) is 0 Å². The Hall–Kier alpha value is -0.150. The molecule has 3 heteroatoms. The van der Waals surface area contributed by atoms with Crippen molar-refractivity contribution in [1.82, 2.24) is 10.2 Å². The van der Waals surface area contributed by atoms with Crippen LogP contribution in [0, 0.1) is 0 Å². The van der Waals surface area contributed by atoms with Crippen LogP contribution in [0.25, 0.3) is 0 Å². The molecule has 0 spiro atoms. The van der Waals surface area contributed by atoms with E-state index < -0.39 is 6.17 Å². The second-order valence-corrected chi connectivity index (χ2v) is 4.27. The Balaban J connectivity index is 1.69. The molecule has 0 saturated carbocycles. The standard InChI is InChI=1S/C10H19FN2/c11-9-3-6-13(7-4-9)8-10-2-1-5-12-10/h9-10,12H,1-8H2/t10-/m0/s1. The molecule has 0 unspecified atom stereocenters. The van der Waals surface area contributed by atoms with Crippen LogP contribution in [-0.4, -0.2) is 43.3 Å². The maximum Gasteiger partial charge on any atom is 0.103 e. The SMILES string of the molecule is FC1CCN(C[C@@H]2CCCN2)CC1. The average Bonchev–Trinajstić information content (AvgIpc) is 2.62. The third-order valence-corrected chi connectivity index (χ3v) is 3.16. The molecule has 1 atom stereocenters. The van der Waals surface area contributed by atoms with E-state index in [-0.39, 0.29) is 0 Å². The molecular formula is C10H19FN2. The number of likely N-dealkylation sites (tertiary alicyclic amines) is 1. The minimum Gasteiger partial charge on any atom is -0.313 e. The molecule has 76 valence electrons. The molecule has 0 amide bonds. The number of nitrogens with zero attached hydrogens (tertiary/aromatic N) is 1. The van der Waals surface area contributed by atoms with Crippen LogP contribution in [0.3, 0.4) is 0 Å². The van der Waals surface area contributed by atoms with Crippen molar-refractivity contribution in [1.29, 1.82) is 0 Å². The number of rotatable bonds is 2. The molecule has 0 radical (unpaired) electrons. The Morgan fingerprint density at radius 1 is 1.23 bits per heavy atom. The van der Waals surface area contributed by atoms with E-state index in [0.29, 0.717) is 6.04 Å². The summed E-state index contributed by atoms with van der Waals surface area (Å²) in [6.07, 6.45) is 3.56. The van der Waals surface area contributed by atoms with Crippen LogP contribution in [0.2, 0.25) is 0 Å². The van der Waals surface area contributed by atoms with Gasteiger partial charge in [0.25, 0.3) is 0 Å². The molecule has 13 heavy (non-hydrogen) atoms. The third kappa shape index (κ3) is 2.64. The summed E-state index contributed by atoms with van der Waals surface area (Å²) in [5.41, 5.74) is 0. The summed E-state index contributed by atoms with van der Waals surface area (Å²) >= 11 is 0. The molecule has 2 rings (SSSR count). The second kappa shape index (κ2) is 4.38. The maximum atomic E-state index is 12.8. The first-order valence-corrected chi connectivity index (χ1v) is 5.44. The van der Waals surface area contributed by atoms with Crippen LogP contribution in [0.5, 0.6) is 0 Å². The van der Waals surface area contributed by atoms with Gasteiger partial charge in [-0.15, -0.1) is 0 Å². The monoisotopic (exact) mass is 186 g/mol. The van der Waals surface area contributed by atoms with Gasteiger partial charge in [-0.1, -0.05) is 0 Å². The molecule has 0 aliphatic carbocycles. The van der Waals surface area contributed by atoms with E-state index in [1.54, 1.807) is 0 Å². The van der Waals surface area contributed by atoms with Crippen LogP contribution < -0.4 is 5.32 Å². The Bertz CT molecular complexity index is 149. The summed E-state index contributed by atoms with van der Waals surface area (Å²) in [4.78, 5) is 2.40. The number of alkyl halides is 1. The zero-order chi connectivity index (χ0) is 9.10. The molecule has 2 heterocycles. The van der Waals surface area contributed by atoms with Crippen molar-refractivity contribution in [3.05, 3.63) is 0 Å². The molecule has 0 bridgehead atoms. The summed E-state index contributed by atoms with van der Waals surface area (Å²) in [6.45, 7) is 4.22. The lowest BCUT2D eigenvalue weighted by atomic mass is 10.1. The highest BCUT2D eigenvalue weighted by molar-refractivity contribution is 4.80. The highest BCUT2D eigenvalue weighted by Gasteiger charge is 2.22. The molecule has 2 aliphatic heterocycles. The van der Waals surface area contributed by atoms with Gasteiger partial charge < -0.3 is 10.2 Å². The van der Waals surface area contributed by atoms with E-state index in [1.165, 1.54) is 19.4 Å². The van der Waals surface area contributed by atoms with Crippen LogP contribution in [0.15, 0.2) is 0 Å². The molecule has 0 aromatic carbocycles. The highest BCUT2D eigenvalue weighted by atomic mass is 19.1. The quantitative estimate of drug-likeness (QED) is 0.696. The van der Waals surface area contributed by atoms with Crippen LogP contribution in [0.1, 0.15) is 25.7 Å². The number of piperidine rings is 1. The Kier molecular flexibility index (Phi) is 3.17. The summed E-state index contributed by atoms with van der Waals surface area (Å²) in [5.74, 6) is 0. The first-order valence-electron chi connectivity index (χ1n) is 5.44. The van der Waals surface area contributed by atoms with Gasteiger partial charge in [0.15, 0.2) is 0 Å². The fourth-order valence-corrected chi connectivity index (χ4v) is 2.31. The van der Waals surface area contributed by atoms with E-state index in [0.717, 1.165) is 32.5 Å². The van der Waals surface area contributed by atoms with Gasteiger partial charge in [0.1, 0.15) is 6.17 Å². The van der Waals surface area contributed by atoms with Crippen molar-refractivity contribution in [2.24, 2.45) is 0 Å². The molecule has 2 nitrogen and oxygen atoms in total. The molecule has 1 N–H and O–H groups in total. The van der Waals surface area contributed by atoms with Crippen molar-refractivity contribution in [2.75, 3.05) is 26.2 Å². The summed E-state index contributed by atoms with van der Waals surface area (Å²) in [6, 6.07) is 0.677. The van der Waals surface area contributed by atoms with Crippen LogP contribution in [0.4, 0.5) is 4.39 Å². The van der Waals surface area contributed by atoms with Crippen LogP contribution in [-0.2, 0) is 0 Å². The molecule has 2 saturated heterocycles. The Labute approximate surface area is 79.5 Å². The van der Waals surface area contributed by atoms with E-state index in [1.807, 2.05) is 0 Å². The van der Waals surface area contributed by atoms with Gasteiger partial charge in [-0.2, -0.15) is 0 Å². The summed E-state index contributed by atoms with van der Waals surface area (Å²) in [7, 11) is 0. The van der Waals surface area contributed by atoms with E-state index >= 15 is 0 Å².